The lowest BCUT2D eigenvalue weighted by Gasteiger charge is -2.38. The molecule has 3 nitrogen and oxygen atoms in total. The zero-order chi connectivity index (χ0) is 13.7. The molecule has 0 saturated carbocycles. The summed E-state index contributed by atoms with van der Waals surface area (Å²) < 4.78 is 5.18. The summed E-state index contributed by atoms with van der Waals surface area (Å²) in [5.41, 5.74) is 7.60. The average Bonchev–Trinajstić information content (AvgIpc) is 2.47. The second-order valence-corrected chi connectivity index (χ2v) is 5.95. The number of methoxy groups -OCH3 is 1. The molecule has 2 N–H and O–H groups in total. The summed E-state index contributed by atoms with van der Waals surface area (Å²) in [5, 5.41) is 0. The Balaban J connectivity index is 1.77. The highest BCUT2D eigenvalue weighted by Crippen LogP contribution is 2.29. The minimum atomic E-state index is 0.372. The molecule has 1 heterocycles. The quantitative estimate of drug-likeness (QED) is 0.885. The van der Waals surface area contributed by atoms with E-state index >= 15 is 0 Å². The first-order valence-corrected chi connectivity index (χ1v) is 7.20. The van der Waals surface area contributed by atoms with Gasteiger partial charge in [-0.15, -0.1) is 0 Å². The fourth-order valence-electron chi connectivity index (χ4n) is 2.60. The van der Waals surface area contributed by atoms with Crippen LogP contribution in [-0.4, -0.2) is 38.2 Å². The molecule has 0 aliphatic carbocycles. The number of ether oxygens (including phenoxy) is 1. The van der Waals surface area contributed by atoms with Crippen molar-refractivity contribution in [2.24, 2.45) is 11.1 Å². The Kier molecular flexibility index (Phi) is 4.83. The molecule has 0 atom stereocenters. The van der Waals surface area contributed by atoms with E-state index in [-0.39, 0.29) is 0 Å². The summed E-state index contributed by atoms with van der Waals surface area (Å²) in [6.07, 6.45) is 3.57. The molecule has 106 valence electrons. The highest BCUT2D eigenvalue weighted by Gasteiger charge is 2.28. The van der Waals surface area contributed by atoms with Crippen molar-refractivity contribution in [1.82, 2.24) is 4.90 Å². The van der Waals surface area contributed by atoms with Crippen molar-refractivity contribution in [2.75, 3.05) is 33.3 Å². The second kappa shape index (κ2) is 6.40. The summed E-state index contributed by atoms with van der Waals surface area (Å²) in [7, 11) is 1.71. The highest BCUT2D eigenvalue weighted by molar-refractivity contribution is 5.27. The van der Waals surface area contributed by atoms with E-state index in [4.69, 9.17) is 10.5 Å². The lowest BCUT2D eigenvalue weighted by atomic mass is 9.80. The van der Waals surface area contributed by atoms with E-state index in [0.29, 0.717) is 5.41 Å². The molecule has 2 rings (SSSR count). The van der Waals surface area contributed by atoms with Crippen LogP contribution >= 0.6 is 0 Å². The summed E-state index contributed by atoms with van der Waals surface area (Å²) >= 11 is 0. The van der Waals surface area contributed by atoms with Gasteiger partial charge in [0, 0.05) is 6.54 Å². The van der Waals surface area contributed by atoms with E-state index in [1.165, 1.54) is 31.5 Å². The van der Waals surface area contributed by atoms with Crippen molar-refractivity contribution in [2.45, 2.75) is 26.2 Å². The zero-order valence-corrected chi connectivity index (χ0v) is 12.2. The molecule has 0 aromatic heterocycles. The van der Waals surface area contributed by atoms with E-state index in [1.54, 1.807) is 7.11 Å². The smallest absolute Gasteiger partial charge is 0.118 e. The van der Waals surface area contributed by atoms with Crippen molar-refractivity contribution in [3.8, 4) is 5.75 Å². The topological polar surface area (TPSA) is 38.5 Å². The van der Waals surface area contributed by atoms with Crippen molar-refractivity contribution >= 4 is 0 Å². The van der Waals surface area contributed by atoms with Crippen LogP contribution in [-0.2, 0) is 6.42 Å². The Hall–Kier alpha value is -1.06. The molecule has 0 spiro atoms. The number of hydrogen-bond donors (Lipinski definition) is 1. The van der Waals surface area contributed by atoms with Crippen LogP contribution in [0, 0.1) is 5.41 Å². The molecule has 0 unspecified atom stereocenters. The van der Waals surface area contributed by atoms with Crippen molar-refractivity contribution in [1.29, 1.82) is 0 Å². The Morgan fingerprint density at radius 1 is 1.21 bits per heavy atom. The van der Waals surface area contributed by atoms with Gasteiger partial charge in [-0.2, -0.15) is 0 Å². The Morgan fingerprint density at radius 2 is 1.84 bits per heavy atom. The molecular weight excluding hydrogens is 236 g/mol. The fourth-order valence-corrected chi connectivity index (χ4v) is 2.60. The van der Waals surface area contributed by atoms with Crippen LogP contribution in [0.25, 0.3) is 0 Å². The fraction of sp³-hybridized carbons (Fsp3) is 0.625. The SMILES string of the molecule is COc1ccc(CCN2CCC(C)(CN)CC2)cc1. The predicted molar refractivity (Wildman–Crippen MR) is 79.5 cm³/mol. The van der Waals surface area contributed by atoms with Crippen LogP contribution in [0.4, 0.5) is 0 Å². The third-order valence-electron chi connectivity index (χ3n) is 4.43. The molecule has 3 heteroatoms. The molecular formula is C16H26N2O. The van der Waals surface area contributed by atoms with Crippen LogP contribution in [0.2, 0.25) is 0 Å². The second-order valence-electron chi connectivity index (χ2n) is 5.95. The normalized spacial score (nSPS) is 19.3. The van der Waals surface area contributed by atoms with E-state index < -0.39 is 0 Å². The molecule has 0 amide bonds. The van der Waals surface area contributed by atoms with Crippen LogP contribution in [0.5, 0.6) is 5.75 Å². The third-order valence-corrected chi connectivity index (χ3v) is 4.43. The summed E-state index contributed by atoms with van der Waals surface area (Å²) in [5.74, 6) is 0.931. The zero-order valence-electron chi connectivity index (χ0n) is 12.2. The van der Waals surface area contributed by atoms with Crippen LogP contribution in [0.1, 0.15) is 25.3 Å². The van der Waals surface area contributed by atoms with Gasteiger partial charge in [-0.05, 0) is 62.0 Å². The molecule has 1 aliphatic heterocycles. The molecule has 1 aliphatic rings. The van der Waals surface area contributed by atoms with Crippen LogP contribution < -0.4 is 10.5 Å². The monoisotopic (exact) mass is 262 g/mol. The molecule has 1 aromatic rings. The van der Waals surface area contributed by atoms with Crippen molar-refractivity contribution in [3.05, 3.63) is 29.8 Å². The summed E-state index contributed by atoms with van der Waals surface area (Å²) in [4.78, 5) is 2.56. The first-order chi connectivity index (χ1) is 9.15. The maximum atomic E-state index is 5.84. The summed E-state index contributed by atoms with van der Waals surface area (Å²) in [6.45, 7) is 6.65. The van der Waals surface area contributed by atoms with Gasteiger partial charge in [-0.3, -0.25) is 0 Å². The van der Waals surface area contributed by atoms with Crippen molar-refractivity contribution in [3.63, 3.8) is 0 Å². The first-order valence-electron chi connectivity index (χ1n) is 7.20. The van der Waals surface area contributed by atoms with Gasteiger partial charge in [-0.25, -0.2) is 0 Å². The van der Waals surface area contributed by atoms with E-state index in [9.17, 15) is 0 Å². The van der Waals surface area contributed by atoms with Gasteiger partial charge in [0.2, 0.25) is 0 Å². The van der Waals surface area contributed by atoms with Gasteiger partial charge >= 0.3 is 0 Å². The molecule has 0 bridgehead atoms. The molecule has 19 heavy (non-hydrogen) atoms. The summed E-state index contributed by atoms with van der Waals surface area (Å²) in [6, 6.07) is 8.40. The lowest BCUT2D eigenvalue weighted by Crippen LogP contribution is -2.42. The number of nitrogens with two attached hydrogens (primary N) is 1. The third kappa shape index (κ3) is 3.95. The maximum absolute atomic E-state index is 5.84. The van der Waals surface area contributed by atoms with E-state index in [1.807, 2.05) is 12.1 Å². The maximum Gasteiger partial charge on any atom is 0.118 e. The van der Waals surface area contributed by atoms with E-state index in [2.05, 4.69) is 24.0 Å². The largest absolute Gasteiger partial charge is 0.497 e. The van der Waals surface area contributed by atoms with Crippen LogP contribution in [0.15, 0.2) is 24.3 Å². The molecule has 1 aromatic carbocycles. The number of nitrogens with zero attached hydrogens (tertiary/aromatic N) is 1. The Bertz CT molecular complexity index is 380. The van der Waals surface area contributed by atoms with Gasteiger partial charge in [-0.1, -0.05) is 19.1 Å². The van der Waals surface area contributed by atoms with E-state index in [0.717, 1.165) is 25.3 Å². The number of hydrogen-bond acceptors (Lipinski definition) is 3. The number of rotatable bonds is 5. The first kappa shape index (κ1) is 14.4. The number of piperidine rings is 1. The van der Waals surface area contributed by atoms with Crippen LogP contribution in [0.3, 0.4) is 0 Å². The standard InChI is InChI=1S/C16H26N2O/c1-16(13-17)8-11-18(12-9-16)10-7-14-3-5-15(19-2)6-4-14/h3-6H,7-13,17H2,1-2H3. The molecule has 1 saturated heterocycles. The van der Waals surface area contributed by atoms with Crippen molar-refractivity contribution < 1.29 is 4.74 Å². The number of likely N-dealkylation sites (tertiary alicyclic amines) is 1. The molecule has 0 radical (unpaired) electrons. The minimum Gasteiger partial charge on any atom is -0.497 e. The van der Waals surface area contributed by atoms with Gasteiger partial charge < -0.3 is 15.4 Å². The average molecular weight is 262 g/mol. The van der Waals surface area contributed by atoms with Gasteiger partial charge in [0.25, 0.3) is 0 Å². The number of benzene rings is 1. The Morgan fingerprint density at radius 3 is 2.37 bits per heavy atom. The molecule has 1 fully saturated rings. The highest BCUT2D eigenvalue weighted by atomic mass is 16.5. The van der Waals surface area contributed by atoms with Gasteiger partial charge in [0.15, 0.2) is 0 Å². The van der Waals surface area contributed by atoms with Gasteiger partial charge in [0.05, 0.1) is 7.11 Å². The lowest BCUT2D eigenvalue weighted by molar-refractivity contribution is 0.125. The van der Waals surface area contributed by atoms with Gasteiger partial charge in [0.1, 0.15) is 5.75 Å². The minimum absolute atomic E-state index is 0.372. The predicted octanol–water partition coefficient (Wildman–Crippen LogP) is 2.30. The Labute approximate surface area is 116 Å².